The molecule has 0 aliphatic carbocycles. The number of anilines is 1. The average molecular weight is 839 g/mol. The summed E-state index contributed by atoms with van der Waals surface area (Å²) in [5.74, 6) is 0.735. The van der Waals surface area contributed by atoms with Crippen molar-refractivity contribution in [3.05, 3.63) is 111 Å². The first-order valence-corrected chi connectivity index (χ1v) is 24.0. The van der Waals surface area contributed by atoms with Gasteiger partial charge in [0.15, 0.2) is 0 Å². The zero-order chi connectivity index (χ0) is 41.5. The van der Waals surface area contributed by atoms with E-state index >= 15 is 0 Å². The van der Waals surface area contributed by atoms with E-state index in [1.165, 1.54) is 31.2 Å². The summed E-state index contributed by atoms with van der Waals surface area (Å²) in [5, 5.41) is 3.74. The fourth-order valence-electron chi connectivity index (χ4n) is 8.74. The highest BCUT2D eigenvalue weighted by atomic mass is 35.5. The number of ether oxygens (including phenoxy) is 1. The number of methoxy groups -OCH3 is 1. The molecule has 3 amide bonds. The van der Waals surface area contributed by atoms with E-state index in [9.17, 15) is 18.9 Å². The lowest BCUT2D eigenvalue weighted by molar-refractivity contribution is -0.136. The molecule has 0 saturated carbocycles. The Morgan fingerprint density at radius 3 is 2.37 bits per heavy atom. The number of hydrogen-bond acceptors (Lipinski definition) is 9. The van der Waals surface area contributed by atoms with Gasteiger partial charge < -0.3 is 19.1 Å². The Balaban J connectivity index is 0.815. The molecule has 11 nitrogen and oxygen atoms in total. The van der Waals surface area contributed by atoms with Crippen molar-refractivity contribution in [3.63, 3.8) is 0 Å². The number of hydrogen-bond donors (Lipinski definition) is 1. The minimum atomic E-state index is -2.46. The molecule has 2 fully saturated rings. The van der Waals surface area contributed by atoms with E-state index in [4.69, 9.17) is 21.3 Å². The van der Waals surface area contributed by atoms with Crippen molar-refractivity contribution >= 4 is 47.5 Å². The minimum Gasteiger partial charge on any atom is -0.496 e. The highest BCUT2D eigenvalue weighted by Crippen LogP contribution is 2.37. The van der Waals surface area contributed by atoms with Gasteiger partial charge in [-0.1, -0.05) is 79.7 Å². The van der Waals surface area contributed by atoms with Gasteiger partial charge in [0.05, 0.1) is 17.8 Å². The molecule has 2 saturated heterocycles. The van der Waals surface area contributed by atoms with Crippen LogP contribution in [0.4, 0.5) is 5.69 Å². The summed E-state index contributed by atoms with van der Waals surface area (Å²) < 4.78 is 18.8. The number of nitrogens with zero attached hydrogens (tertiary/aromatic N) is 5. The zero-order valence-corrected chi connectivity index (χ0v) is 36.2. The van der Waals surface area contributed by atoms with Gasteiger partial charge in [0, 0.05) is 86.4 Å². The van der Waals surface area contributed by atoms with Crippen LogP contribution >= 0.6 is 18.7 Å². The number of carbonyl (C=O) groups is 3. The van der Waals surface area contributed by atoms with E-state index in [1.54, 1.807) is 31.5 Å². The zero-order valence-electron chi connectivity index (χ0n) is 34.6. The lowest BCUT2D eigenvalue weighted by atomic mass is 9.98. The molecule has 1 atom stereocenters. The van der Waals surface area contributed by atoms with Crippen molar-refractivity contribution in [1.29, 1.82) is 0 Å². The smallest absolute Gasteiger partial charge is 0.255 e. The van der Waals surface area contributed by atoms with Gasteiger partial charge in [0.1, 0.15) is 24.8 Å². The van der Waals surface area contributed by atoms with Crippen molar-refractivity contribution in [2.75, 3.05) is 58.1 Å². The van der Waals surface area contributed by atoms with E-state index in [2.05, 4.69) is 44.4 Å². The van der Waals surface area contributed by atoms with Crippen LogP contribution in [-0.4, -0.2) is 96.7 Å². The molecule has 3 aromatic carbocycles. The minimum absolute atomic E-state index is 0.105. The number of imide groups is 1. The van der Waals surface area contributed by atoms with Crippen LogP contribution in [0.3, 0.4) is 0 Å². The van der Waals surface area contributed by atoms with Crippen LogP contribution in [0.5, 0.6) is 5.75 Å². The van der Waals surface area contributed by atoms with Crippen molar-refractivity contribution in [2.45, 2.75) is 83.2 Å². The van der Waals surface area contributed by atoms with Gasteiger partial charge in [-0.15, -0.1) is 0 Å². The van der Waals surface area contributed by atoms with E-state index in [1.807, 2.05) is 36.4 Å². The summed E-state index contributed by atoms with van der Waals surface area (Å²) in [5.41, 5.74) is 6.78. The van der Waals surface area contributed by atoms with Crippen LogP contribution in [-0.2, 0) is 40.0 Å². The van der Waals surface area contributed by atoms with Gasteiger partial charge in [-0.3, -0.25) is 24.6 Å². The number of carbonyl (C=O) groups excluding carboxylic acids is 3. The first-order chi connectivity index (χ1) is 28.5. The normalized spacial score (nSPS) is 17.4. The quantitative estimate of drug-likeness (QED) is 0.0678. The Bertz CT molecular complexity index is 2220. The first kappa shape index (κ1) is 42.6. The van der Waals surface area contributed by atoms with Crippen molar-refractivity contribution in [1.82, 2.24) is 25.1 Å². The average Bonchev–Trinajstić information content (AvgIpc) is 3.56. The third-order valence-corrected chi connectivity index (χ3v) is 13.9. The van der Waals surface area contributed by atoms with Gasteiger partial charge >= 0.3 is 0 Å². The fourth-order valence-corrected chi connectivity index (χ4v) is 10.2. The van der Waals surface area contributed by atoms with Crippen LogP contribution in [0.2, 0.25) is 5.02 Å². The summed E-state index contributed by atoms with van der Waals surface area (Å²) in [6, 6.07) is 19.5. The number of amides is 3. The maximum absolute atomic E-state index is 13.2. The number of fused-ring (bicyclic) bond motifs is 1. The summed E-state index contributed by atoms with van der Waals surface area (Å²) >= 11 is 6.56. The molecule has 0 radical (unpaired) electrons. The summed E-state index contributed by atoms with van der Waals surface area (Å²) in [6.07, 6.45) is 11.3. The third kappa shape index (κ3) is 10.4. The van der Waals surface area contributed by atoms with E-state index < -0.39 is 13.2 Å². The topological polar surface area (TPSA) is 125 Å². The molecule has 312 valence electrons. The number of benzene rings is 3. The molecule has 59 heavy (non-hydrogen) atoms. The second kappa shape index (κ2) is 19.2. The Labute approximate surface area is 353 Å². The van der Waals surface area contributed by atoms with Gasteiger partial charge in [-0.2, -0.15) is 0 Å². The second-order valence-corrected chi connectivity index (χ2v) is 20.0. The summed E-state index contributed by atoms with van der Waals surface area (Å²) in [4.78, 5) is 53.2. The summed E-state index contributed by atoms with van der Waals surface area (Å²) in [7, 11) is -0.756. The highest BCUT2D eigenvalue weighted by Gasteiger charge is 2.39. The number of aryl methyl sites for hydroxylation is 1. The largest absolute Gasteiger partial charge is 0.496 e. The van der Waals surface area contributed by atoms with Crippen molar-refractivity contribution < 1.29 is 23.7 Å². The van der Waals surface area contributed by atoms with Crippen LogP contribution in [0.25, 0.3) is 0 Å². The standard InChI is InChI=1S/C46H56ClN6O5P/c1-58-41-29-35(19-18-33(41)28-43-48-30-38(47)39(49-43)27-34-14-9-10-17-42(34)59(2,3)57)52-25-23-51(24-26-52)22-11-7-5-4-6-8-13-32-15-12-16-36-37(32)31-53(46(36)56)40-20-21-44(54)50-45(40)55/h9-10,12,14-19,29-30,40H,4-8,11,13,20-28,31H2,1-3H3,(H,50,54,55). The number of nitrogens with one attached hydrogen (secondary N) is 1. The van der Waals surface area contributed by atoms with Crippen LogP contribution in [0.1, 0.15) is 95.5 Å². The molecule has 0 spiro atoms. The van der Waals surface area contributed by atoms with Crippen LogP contribution in [0.15, 0.2) is 66.9 Å². The number of rotatable bonds is 17. The highest BCUT2D eigenvalue weighted by molar-refractivity contribution is 7.70. The predicted molar refractivity (Wildman–Crippen MR) is 234 cm³/mol. The van der Waals surface area contributed by atoms with E-state index in [0.717, 1.165) is 91.1 Å². The maximum atomic E-state index is 13.2. The molecule has 0 bridgehead atoms. The maximum Gasteiger partial charge on any atom is 0.255 e. The lowest BCUT2D eigenvalue weighted by Crippen LogP contribution is -2.52. The molecule has 4 aromatic rings. The lowest BCUT2D eigenvalue weighted by Gasteiger charge is -2.36. The van der Waals surface area contributed by atoms with Gasteiger partial charge in [-0.25, -0.2) is 9.97 Å². The Morgan fingerprint density at radius 2 is 1.61 bits per heavy atom. The molecular formula is C46H56ClN6O5P. The van der Waals surface area contributed by atoms with Gasteiger partial charge in [0.25, 0.3) is 5.91 Å². The molecule has 4 heterocycles. The fraction of sp³-hybridized carbons (Fsp3) is 0.457. The second-order valence-electron chi connectivity index (χ2n) is 16.5. The number of piperazine rings is 1. The Hall–Kier alpha value is -4.57. The number of unbranched alkanes of at least 4 members (excludes halogenated alkanes) is 5. The third-order valence-electron chi connectivity index (χ3n) is 12.0. The molecular weight excluding hydrogens is 783 g/mol. The Morgan fingerprint density at radius 1 is 0.864 bits per heavy atom. The number of piperidine rings is 1. The first-order valence-electron chi connectivity index (χ1n) is 21.0. The molecule has 3 aliphatic rings. The van der Waals surface area contributed by atoms with Gasteiger partial charge in [-0.05, 0) is 74.4 Å². The summed E-state index contributed by atoms with van der Waals surface area (Å²) in [6.45, 7) is 9.14. The van der Waals surface area contributed by atoms with Crippen LogP contribution < -0.4 is 20.3 Å². The monoisotopic (exact) mass is 838 g/mol. The number of aromatic nitrogens is 2. The molecule has 3 aliphatic heterocycles. The molecule has 1 aromatic heterocycles. The predicted octanol–water partition coefficient (Wildman–Crippen LogP) is 7.03. The van der Waals surface area contributed by atoms with Crippen molar-refractivity contribution in [2.24, 2.45) is 0 Å². The van der Waals surface area contributed by atoms with Gasteiger partial charge in [0.2, 0.25) is 11.8 Å². The molecule has 1 N–H and O–H groups in total. The SMILES string of the molecule is COc1cc(N2CCN(CCCCCCCCc3cccc4c3CN(C3CCC(=O)NC3=O)C4=O)CC2)ccc1Cc1ncc(Cl)c(Cc2ccccc2P(C)(C)=O)n1. The van der Waals surface area contributed by atoms with Crippen molar-refractivity contribution in [3.8, 4) is 5.75 Å². The molecule has 7 rings (SSSR count). The molecule has 13 heteroatoms. The van der Waals surface area contributed by atoms with Crippen LogP contribution in [0, 0.1) is 0 Å². The Kier molecular flexibility index (Phi) is 13.9. The van der Waals surface area contributed by atoms with E-state index in [-0.39, 0.29) is 24.1 Å². The molecule has 1 unspecified atom stereocenters. The van der Waals surface area contributed by atoms with E-state index in [0.29, 0.717) is 42.2 Å². The number of halogens is 1.